The third-order valence-electron chi connectivity index (χ3n) is 2.54. The van der Waals surface area contributed by atoms with Crippen molar-refractivity contribution in [1.82, 2.24) is 5.32 Å². The predicted octanol–water partition coefficient (Wildman–Crippen LogP) is 2.80. The summed E-state index contributed by atoms with van der Waals surface area (Å²) >= 11 is 1.37. The zero-order chi connectivity index (χ0) is 14.5. The Labute approximate surface area is 119 Å². The lowest BCUT2D eigenvalue weighted by Crippen LogP contribution is -2.29. The molecule has 2 N–H and O–H groups in total. The van der Waals surface area contributed by atoms with E-state index >= 15 is 0 Å². The van der Waals surface area contributed by atoms with Gasteiger partial charge in [0.15, 0.2) is 16.9 Å². The molecule has 0 heterocycles. The van der Waals surface area contributed by atoms with Gasteiger partial charge in [0.25, 0.3) is 0 Å². The van der Waals surface area contributed by atoms with Crippen molar-refractivity contribution in [2.24, 2.45) is 0 Å². The molecule has 0 saturated carbocycles. The fourth-order valence-corrected chi connectivity index (χ4v) is 1.58. The number of hydrogen-bond acceptors (Lipinski definition) is 3. The van der Waals surface area contributed by atoms with Crippen LogP contribution in [-0.2, 0) is 6.54 Å². The highest BCUT2D eigenvalue weighted by Crippen LogP contribution is 2.08. The van der Waals surface area contributed by atoms with Crippen LogP contribution >= 0.6 is 11.8 Å². The Morgan fingerprint density at radius 2 is 2.16 bits per heavy atom. The second-order valence-electron chi connectivity index (χ2n) is 5.26. The largest absolute Gasteiger partial charge is 0.623 e. The monoisotopic (exact) mass is 279 g/mol. The average Bonchev–Trinajstić information content (AvgIpc) is 2.35. The molecule has 4 nitrogen and oxygen atoms in total. The molecule has 0 aliphatic carbocycles. The van der Waals surface area contributed by atoms with Gasteiger partial charge in [0.05, 0.1) is 0 Å². The lowest BCUT2D eigenvalue weighted by atomic mass is 10.1. The van der Waals surface area contributed by atoms with E-state index in [1.54, 1.807) is 6.21 Å². The van der Waals surface area contributed by atoms with Gasteiger partial charge in [0, 0.05) is 32.9 Å². The summed E-state index contributed by atoms with van der Waals surface area (Å²) in [5.41, 5.74) is 1.49. The third-order valence-corrected chi connectivity index (χ3v) is 3.09. The van der Waals surface area contributed by atoms with Crippen LogP contribution in [0.4, 0.5) is 0 Å². The molecule has 0 amide bonds. The summed E-state index contributed by atoms with van der Waals surface area (Å²) in [5, 5.41) is 22.8. The molecule has 0 aliphatic rings. The Balaban J connectivity index is 2.80. The average molecular weight is 279 g/mol. The fraction of sp³-hybridized carbons (Fsp3) is 0.429. The maximum absolute atomic E-state index is 11.9. The molecule has 1 aromatic carbocycles. The molecule has 0 aliphatic heterocycles. The Morgan fingerprint density at radius 1 is 1.47 bits per heavy atom. The van der Waals surface area contributed by atoms with Crippen molar-refractivity contribution >= 4 is 23.1 Å². The Bertz CT molecular complexity index is 478. The normalized spacial score (nSPS) is 12.3. The second-order valence-corrected chi connectivity index (χ2v) is 6.07. The highest BCUT2D eigenvalue weighted by molar-refractivity contribution is 8.13. The molecule has 5 heteroatoms. The van der Waals surface area contributed by atoms with E-state index in [0.717, 1.165) is 15.9 Å². The molecule has 104 valence electrons. The van der Waals surface area contributed by atoms with Crippen LogP contribution in [0, 0.1) is 10.6 Å². The van der Waals surface area contributed by atoms with Crippen molar-refractivity contribution < 1.29 is 4.74 Å². The van der Waals surface area contributed by atoms with Crippen LogP contribution in [0.25, 0.3) is 0 Å². The maximum Gasteiger partial charge on any atom is 0.182 e. The van der Waals surface area contributed by atoms with Gasteiger partial charge in [-0.15, -0.1) is 0 Å². The molecule has 19 heavy (non-hydrogen) atoms. The maximum atomic E-state index is 11.9. The minimum absolute atomic E-state index is 0.435. The van der Waals surface area contributed by atoms with E-state index in [1.165, 1.54) is 11.8 Å². The molecule has 0 atom stereocenters. The molecular formula is C14H21N3OS. The first kappa shape index (κ1) is 15.6. The molecular weight excluding hydrogens is 258 g/mol. The molecule has 1 rings (SSSR count). The molecule has 0 radical (unpaired) electrons. The number of hydrogen-bond donors (Lipinski definition) is 2. The molecule has 0 fully saturated rings. The minimum Gasteiger partial charge on any atom is -0.623 e. The van der Waals surface area contributed by atoms with E-state index in [1.807, 2.05) is 51.3 Å². The summed E-state index contributed by atoms with van der Waals surface area (Å²) in [7, 11) is 0. The highest BCUT2D eigenvalue weighted by Gasteiger charge is 2.17. The van der Waals surface area contributed by atoms with Gasteiger partial charge < -0.3 is 10.5 Å². The number of benzene rings is 1. The number of nitrogens with one attached hydrogen (secondary N) is 2. The SMILES string of the molecule is CSC(=N)NCc1cccc(/C=[N+](\[O-])C(C)(C)C)c1. The van der Waals surface area contributed by atoms with Gasteiger partial charge in [-0.3, -0.25) is 5.41 Å². The number of hydroxylamine groups is 1. The molecule has 1 aromatic rings. The lowest BCUT2D eigenvalue weighted by molar-refractivity contribution is -0.530. The number of thioether (sulfide) groups is 1. The summed E-state index contributed by atoms with van der Waals surface area (Å²) in [4.78, 5) is 0. The third kappa shape index (κ3) is 5.34. The molecule has 0 bridgehead atoms. The molecule has 0 spiro atoms. The Kier molecular flexibility index (Phi) is 5.42. The first-order valence-corrected chi connectivity index (χ1v) is 7.32. The first-order valence-electron chi connectivity index (χ1n) is 6.09. The van der Waals surface area contributed by atoms with Gasteiger partial charge in [-0.1, -0.05) is 23.9 Å². The van der Waals surface area contributed by atoms with E-state index < -0.39 is 5.54 Å². The van der Waals surface area contributed by atoms with Crippen LogP contribution < -0.4 is 5.32 Å². The van der Waals surface area contributed by atoms with Crippen LogP contribution in [0.2, 0.25) is 0 Å². The highest BCUT2D eigenvalue weighted by atomic mass is 32.2. The number of nitrogens with zero attached hydrogens (tertiary/aromatic N) is 1. The topological polar surface area (TPSA) is 62.0 Å². The van der Waals surface area contributed by atoms with Crippen molar-refractivity contribution in [3.05, 3.63) is 40.6 Å². The smallest absolute Gasteiger partial charge is 0.182 e. The van der Waals surface area contributed by atoms with Gasteiger partial charge >= 0.3 is 0 Å². The molecule has 0 aromatic heterocycles. The fourth-order valence-electron chi connectivity index (χ4n) is 1.37. The van der Waals surface area contributed by atoms with Gasteiger partial charge in [0.1, 0.15) is 0 Å². The zero-order valence-electron chi connectivity index (χ0n) is 11.9. The van der Waals surface area contributed by atoms with E-state index in [2.05, 4.69) is 5.32 Å². The second kappa shape index (κ2) is 6.61. The lowest BCUT2D eigenvalue weighted by Gasteiger charge is -2.18. The number of rotatable bonds is 3. The standard InChI is InChI=1S/C14H21N3OS/c1-14(2,3)17(18)10-12-7-5-6-11(8-12)9-16-13(15)19-4/h5-8,10H,9H2,1-4H3,(H2,15,16)/b17-10-. The van der Waals surface area contributed by atoms with Gasteiger partial charge in [-0.05, 0) is 24.0 Å². The van der Waals surface area contributed by atoms with Crippen LogP contribution in [0.1, 0.15) is 31.9 Å². The van der Waals surface area contributed by atoms with Gasteiger partial charge in [0.2, 0.25) is 0 Å². The Hall–Kier alpha value is -1.49. The molecule has 0 unspecified atom stereocenters. The quantitative estimate of drug-likeness (QED) is 0.294. The number of amidine groups is 1. The van der Waals surface area contributed by atoms with Crippen LogP contribution in [0.15, 0.2) is 24.3 Å². The molecule has 0 saturated heterocycles. The van der Waals surface area contributed by atoms with Gasteiger partial charge in [-0.2, -0.15) is 0 Å². The van der Waals surface area contributed by atoms with Crippen LogP contribution in [-0.4, -0.2) is 27.9 Å². The van der Waals surface area contributed by atoms with Crippen molar-refractivity contribution in [3.8, 4) is 0 Å². The van der Waals surface area contributed by atoms with E-state index in [4.69, 9.17) is 5.41 Å². The van der Waals surface area contributed by atoms with Crippen LogP contribution in [0.3, 0.4) is 0 Å². The summed E-state index contributed by atoms with van der Waals surface area (Å²) < 4.78 is 0.962. The zero-order valence-corrected chi connectivity index (χ0v) is 12.7. The summed E-state index contributed by atoms with van der Waals surface area (Å²) in [6.45, 7) is 6.22. The van der Waals surface area contributed by atoms with Crippen LogP contribution in [0.5, 0.6) is 0 Å². The Morgan fingerprint density at radius 3 is 2.74 bits per heavy atom. The summed E-state index contributed by atoms with van der Waals surface area (Å²) in [6.07, 6.45) is 3.46. The van der Waals surface area contributed by atoms with E-state index in [9.17, 15) is 5.21 Å². The van der Waals surface area contributed by atoms with Crippen molar-refractivity contribution in [3.63, 3.8) is 0 Å². The first-order chi connectivity index (χ1) is 8.82. The van der Waals surface area contributed by atoms with Gasteiger partial charge in [-0.25, -0.2) is 4.74 Å². The van der Waals surface area contributed by atoms with E-state index in [0.29, 0.717) is 11.7 Å². The van der Waals surface area contributed by atoms with Crippen molar-refractivity contribution in [2.75, 3.05) is 6.26 Å². The van der Waals surface area contributed by atoms with E-state index in [-0.39, 0.29) is 0 Å². The predicted molar refractivity (Wildman–Crippen MR) is 83.1 cm³/mol. The summed E-state index contributed by atoms with van der Waals surface area (Å²) in [5.74, 6) is 0. The van der Waals surface area contributed by atoms with Crippen molar-refractivity contribution in [1.29, 1.82) is 5.41 Å². The summed E-state index contributed by atoms with van der Waals surface area (Å²) in [6, 6.07) is 7.75. The van der Waals surface area contributed by atoms with Crippen molar-refractivity contribution in [2.45, 2.75) is 32.9 Å². The minimum atomic E-state index is -0.435.